The van der Waals surface area contributed by atoms with Gasteiger partial charge in [0.05, 0.1) is 6.04 Å². The Morgan fingerprint density at radius 3 is 2.67 bits per heavy atom. The van der Waals surface area contributed by atoms with E-state index in [4.69, 9.17) is 12.2 Å². The smallest absolute Gasteiger partial charge is 0.237 e. The van der Waals surface area contributed by atoms with E-state index in [1.165, 1.54) is 25.7 Å². The van der Waals surface area contributed by atoms with E-state index in [9.17, 15) is 4.79 Å². The van der Waals surface area contributed by atoms with Crippen molar-refractivity contribution in [3.63, 3.8) is 0 Å². The van der Waals surface area contributed by atoms with Crippen LogP contribution < -0.4 is 11.1 Å². The Hall–Kier alpha value is -1.05. The van der Waals surface area contributed by atoms with Gasteiger partial charge in [-0.05, 0) is 38.6 Å². The fraction of sp³-hybridized carbons (Fsp3) is 0.786. The molecule has 3 atom stereocenters. The molecule has 100 valence electrons. The van der Waals surface area contributed by atoms with Gasteiger partial charge in [0.1, 0.15) is 0 Å². The van der Waals surface area contributed by atoms with E-state index in [1.807, 2.05) is 0 Å². The Kier molecular flexibility index (Phi) is 4.26. The predicted molar refractivity (Wildman–Crippen MR) is 71.7 cm³/mol. The van der Waals surface area contributed by atoms with Gasteiger partial charge in [-0.15, -0.1) is 12.3 Å². The summed E-state index contributed by atoms with van der Waals surface area (Å²) in [5.41, 5.74) is 5.67. The minimum Gasteiger partial charge on any atom is -0.354 e. The molecule has 3 N–H and O–H groups in total. The molecule has 18 heavy (non-hydrogen) atoms. The van der Waals surface area contributed by atoms with Crippen LogP contribution in [0.15, 0.2) is 0 Å². The summed E-state index contributed by atoms with van der Waals surface area (Å²) in [5, 5.41) is 2.94. The molecule has 0 aliphatic carbocycles. The van der Waals surface area contributed by atoms with Crippen molar-refractivity contribution in [1.82, 2.24) is 10.2 Å². The first-order valence-corrected chi connectivity index (χ1v) is 6.80. The average molecular weight is 249 g/mol. The standard InChI is InChI=1S/C14H23N3O/c1-3-4-13(15)14(18)16-9-10-7-11-5-6-12(8-10)17(11)2/h1,10-13H,4-9,15H2,2H3,(H,16,18). The number of nitrogens with two attached hydrogens (primary N) is 1. The lowest BCUT2D eigenvalue weighted by Gasteiger charge is -2.36. The molecule has 2 fully saturated rings. The molecule has 0 saturated carbocycles. The summed E-state index contributed by atoms with van der Waals surface area (Å²) >= 11 is 0. The molecule has 0 spiro atoms. The fourth-order valence-electron chi connectivity index (χ4n) is 3.29. The maximum absolute atomic E-state index is 11.7. The van der Waals surface area contributed by atoms with Crippen LogP contribution in [-0.4, -0.2) is 42.5 Å². The van der Waals surface area contributed by atoms with Gasteiger partial charge in [0, 0.05) is 25.0 Å². The Labute approximate surface area is 109 Å². The van der Waals surface area contributed by atoms with E-state index in [0.29, 0.717) is 24.4 Å². The van der Waals surface area contributed by atoms with Crippen molar-refractivity contribution in [2.45, 2.75) is 50.2 Å². The summed E-state index contributed by atoms with van der Waals surface area (Å²) in [6, 6.07) is 0.869. The molecular formula is C14H23N3O. The third-order valence-corrected chi connectivity index (χ3v) is 4.44. The first-order valence-electron chi connectivity index (χ1n) is 6.80. The van der Waals surface area contributed by atoms with E-state index in [1.54, 1.807) is 0 Å². The fourth-order valence-corrected chi connectivity index (χ4v) is 3.29. The largest absolute Gasteiger partial charge is 0.354 e. The number of hydrogen-bond donors (Lipinski definition) is 2. The van der Waals surface area contributed by atoms with Gasteiger partial charge in [0.2, 0.25) is 5.91 Å². The van der Waals surface area contributed by atoms with Gasteiger partial charge in [-0.25, -0.2) is 0 Å². The maximum Gasteiger partial charge on any atom is 0.237 e. The highest BCUT2D eigenvalue weighted by Gasteiger charge is 2.38. The van der Waals surface area contributed by atoms with Gasteiger partial charge < -0.3 is 16.0 Å². The first-order chi connectivity index (χ1) is 8.61. The van der Waals surface area contributed by atoms with Crippen LogP contribution in [0.1, 0.15) is 32.1 Å². The van der Waals surface area contributed by atoms with E-state index in [-0.39, 0.29) is 5.91 Å². The zero-order valence-corrected chi connectivity index (χ0v) is 11.1. The average Bonchev–Trinajstić information content (AvgIpc) is 2.59. The van der Waals surface area contributed by atoms with Crippen LogP contribution in [0.5, 0.6) is 0 Å². The van der Waals surface area contributed by atoms with Gasteiger partial charge in [0.25, 0.3) is 0 Å². The van der Waals surface area contributed by atoms with Crippen LogP contribution >= 0.6 is 0 Å². The number of terminal acetylenes is 1. The molecule has 0 aromatic rings. The molecule has 0 aromatic carbocycles. The molecule has 2 heterocycles. The first kappa shape index (κ1) is 13.4. The molecule has 2 saturated heterocycles. The highest BCUT2D eigenvalue weighted by molar-refractivity contribution is 5.81. The number of hydrogen-bond acceptors (Lipinski definition) is 3. The predicted octanol–water partition coefficient (Wildman–Crippen LogP) is 0.326. The summed E-state index contributed by atoms with van der Waals surface area (Å²) in [6.45, 7) is 0.748. The molecule has 2 aliphatic heterocycles. The van der Waals surface area contributed by atoms with Gasteiger partial charge in [-0.2, -0.15) is 0 Å². The highest BCUT2D eigenvalue weighted by Crippen LogP contribution is 2.36. The highest BCUT2D eigenvalue weighted by atomic mass is 16.2. The van der Waals surface area contributed by atoms with Gasteiger partial charge in [0.15, 0.2) is 0 Å². The van der Waals surface area contributed by atoms with E-state index in [2.05, 4.69) is 23.2 Å². The number of amides is 1. The summed E-state index contributed by atoms with van der Waals surface area (Å²) in [4.78, 5) is 14.2. The van der Waals surface area contributed by atoms with Crippen molar-refractivity contribution in [2.75, 3.05) is 13.6 Å². The zero-order valence-electron chi connectivity index (χ0n) is 11.1. The Balaban J connectivity index is 1.75. The van der Waals surface area contributed by atoms with E-state index in [0.717, 1.165) is 6.54 Å². The van der Waals surface area contributed by atoms with Crippen LogP contribution in [-0.2, 0) is 4.79 Å². The lowest BCUT2D eigenvalue weighted by atomic mass is 9.91. The SMILES string of the molecule is C#CCC(N)C(=O)NCC1CC2CCC(C1)N2C. The van der Waals surface area contributed by atoms with E-state index < -0.39 is 6.04 Å². The minimum atomic E-state index is -0.557. The van der Waals surface area contributed by atoms with Gasteiger partial charge in [-0.1, -0.05) is 0 Å². The quantitative estimate of drug-likeness (QED) is 0.706. The molecule has 2 rings (SSSR count). The monoisotopic (exact) mass is 249 g/mol. The van der Waals surface area contributed by atoms with Gasteiger partial charge in [-0.3, -0.25) is 4.79 Å². The second-order valence-corrected chi connectivity index (χ2v) is 5.65. The van der Waals surface area contributed by atoms with Crippen molar-refractivity contribution < 1.29 is 4.79 Å². The van der Waals surface area contributed by atoms with Gasteiger partial charge >= 0.3 is 0 Å². The second kappa shape index (κ2) is 5.73. The lowest BCUT2D eigenvalue weighted by Crippen LogP contribution is -2.46. The molecule has 2 bridgehead atoms. The Bertz CT molecular complexity index is 335. The summed E-state index contributed by atoms with van der Waals surface area (Å²) in [5.74, 6) is 2.91. The van der Waals surface area contributed by atoms with Crippen LogP contribution in [0.2, 0.25) is 0 Å². The summed E-state index contributed by atoms with van der Waals surface area (Å²) in [6.07, 6.45) is 10.5. The molecule has 1 amide bonds. The number of fused-ring (bicyclic) bond motifs is 2. The number of nitrogens with zero attached hydrogens (tertiary/aromatic N) is 1. The number of carbonyl (C=O) groups excluding carboxylic acids is 1. The van der Waals surface area contributed by atoms with Crippen LogP contribution in [0, 0.1) is 18.3 Å². The molecular weight excluding hydrogens is 226 g/mol. The summed E-state index contributed by atoms with van der Waals surface area (Å²) in [7, 11) is 2.22. The minimum absolute atomic E-state index is 0.112. The zero-order chi connectivity index (χ0) is 13.1. The van der Waals surface area contributed by atoms with Crippen molar-refractivity contribution in [3.8, 4) is 12.3 Å². The van der Waals surface area contributed by atoms with Crippen molar-refractivity contribution in [3.05, 3.63) is 0 Å². The number of nitrogens with one attached hydrogen (secondary N) is 1. The van der Waals surface area contributed by atoms with Crippen LogP contribution in [0.4, 0.5) is 0 Å². The van der Waals surface area contributed by atoms with Crippen molar-refractivity contribution >= 4 is 5.91 Å². The Morgan fingerprint density at radius 1 is 1.50 bits per heavy atom. The summed E-state index contributed by atoms with van der Waals surface area (Å²) < 4.78 is 0. The third kappa shape index (κ3) is 2.85. The van der Waals surface area contributed by atoms with Crippen LogP contribution in [0.25, 0.3) is 0 Å². The normalized spacial score (nSPS) is 32.8. The second-order valence-electron chi connectivity index (χ2n) is 5.65. The topological polar surface area (TPSA) is 58.4 Å². The number of rotatable bonds is 4. The van der Waals surface area contributed by atoms with E-state index >= 15 is 0 Å². The molecule has 0 aromatic heterocycles. The number of carbonyl (C=O) groups is 1. The Morgan fingerprint density at radius 2 is 2.11 bits per heavy atom. The van der Waals surface area contributed by atoms with Crippen molar-refractivity contribution in [1.29, 1.82) is 0 Å². The maximum atomic E-state index is 11.7. The molecule has 3 unspecified atom stereocenters. The molecule has 2 aliphatic rings. The lowest BCUT2D eigenvalue weighted by molar-refractivity contribution is -0.122. The van der Waals surface area contributed by atoms with Crippen molar-refractivity contribution in [2.24, 2.45) is 11.7 Å². The molecule has 0 radical (unpaired) electrons. The molecule has 4 heteroatoms. The third-order valence-electron chi connectivity index (χ3n) is 4.44. The molecule has 4 nitrogen and oxygen atoms in total. The van der Waals surface area contributed by atoms with Crippen LogP contribution in [0.3, 0.4) is 0 Å². The number of piperidine rings is 1.